The minimum absolute atomic E-state index is 0.0664. The van der Waals surface area contributed by atoms with Gasteiger partial charge >= 0.3 is 5.97 Å². The van der Waals surface area contributed by atoms with Crippen molar-refractivity contribution in [1.29, 1.82) is 0 Å². The highest BCUT2D eigenvalue weighted by Crippen LogP contribution is 2.19. The van der Waals surface area contributed by atoms with E-state index in [1.165, 1.54) is 19.3 Å². The molecular weight excluding hydrogens is 304 g/mol. The molecule has 0 saturated heterocycles. The number of ether oxygens (including phenoxy) is 1. The third kappa shape index (κ3) is 3.98. The molecule has 0 spiro atoms. The second-order valence-electron chi connectivity index (χ2n) is 4.59. The minimum atomic E-state index is -3.74. The second-order valence-corrected chi connectivity index (χ2v) is 6.16. The number of hydrogen-bond donors (Lipinski definition) is 2. The molecule has 1 aromatic carbocycles. The van der Waals surface area contributed by atoms with Crippen LogP contribution in [-0.2, 0) is 14.8 Å². The van der Waals surface area contributed by atoms with E-state index in [0.29, 0.717) is 5.69 Å². The molecule has 0 amide bonds. The van der Waals surface area contributed by atoms with Gasteiger partial charge in [0, 0.05) is 5.69 Å². The number of anilines is 1. The molecule has 22 heavy (non-hydrogen) atoms. The summed E-state index contributed by atoms with van der Waals surface area (Å²) in [5, 5.41) is 1.05. The van der Waals surface area contributed by atoms with Crippen molar-refractivity contribution >= 4 is 27.8 Å². The molecular formula is C15H16N2O4S. The maximum Gasteiger partial charge on any atom is 0.356 e. The molecule has 0 aliphatic rings. The van der Waals surface area contributed by atoms with Gasteiger partial charge in [-0.3, -0.25) is 4.72 Å². The van der Waals surface area contributed by atoms with E-state index in [4.69, 9.17) is 0 Å². The fraction of sp³-hybridized carbons (Fsp3) is 0.133. The van der Waals surface area contributed by atoms with Crippen LogP contribution in [0.1, 0.15) is 21.7 Å². The van der Waals surface area contributed by atoms with Crippen LogP contribution in [0, 0.1) is 6.92 Å². The molecule has 0 atom stereocenters. The highest BCUT2D eigenvalue weighted by Gasteiger charge is 2.18. The molecule has 2 rings (SSSR count). The van der Waals surface area contributed by atoms with Gasteiger partial charge in [-0.05, 0) is 24.6 Å². The topological polar surface area (TPSA) is 88.3 Å². The van der Waals surface area contributed by atoms with Crippen LogP contribution in [0.3, 0.4) is 0 Å². The van der Waals surface area contributed by atoms with Crippen molar-refractivity contribution in [3.05, 3.63) is 58.8 Å². The number of H-pyrrole nitrogens is 1. The molecule has 1 heterocycles. The van der Waals surface area contributed by atoms with Crippen molar-refractivity contribution in [2.75, 3.05) is 11.8 Å². The van der Waals surface area contributed by atoms with Crippen LogP contribution in [0.5, 0.6) is 0 Å². The number of benzene rings is 1. The third-order valence-electron chi connectivity index (χ3n) is 2.83. The summed E-state index contributed by atoms with van der Waals surface area (Å²) in [6, 6.07) is 10.6. The molecule has 0 aliphatic carbocycles. The predicted octanol–water partition coefficient (Wildman–Crippen LogP) is 2.52. The van der Waals surface area contributed by atoms with Crippen molar-refractivity contribution < 1.29 is 17.9 Å². The van der Waals surface area contributed by atoms with E-state index in [9.17, 15) is 13.2 Å². The number of nitrogens with one attached hydrogen (secondary N) is 2. The Morgan fingerprint density at radius 2 is 1.95 bits per heavy atom. The van der Waals surface area contributed by atoms with Crippen LogP contribution < -0.4 is 4.72 Å². The van der Waals surface area contributed by atoms with Gasteiger partial charge < -0.3 is 9.72 Å². The number of carbonyl (C=O) groups excluding carboxylic acids is 1. The van der Waals surface area contributed by atoms with Crippen molar-refractivity contribution in [1.82, 2.24) is 4.98 Å². The maximum atomic E-state index is 12.1. The van der Waals surface area contributed by atoms with E-state index >= 15 is 0 Å². The summed E-state index contributed by atoms with van der Waals surface area (Å²) in [7, 11) is -2.51. The lowest BCUT2D eigenvalue weighted by atomic mass is 10.2. The van der Waals surface area contributed by atoms with E-state index < -0.39 is 16.0 Å². The number of hydrogen-bond acceptors (Lipinski definition) is 4. The number of methoxy groups -OCH3 is 1. The lowest BCUT2D eigenvalue weighted by molar-refractivity contribution is 0.0596. The van der Waals surface area contributed by atoms with Crippen LogP contribution in [0.15, 0.2) is 41.8 Å². The summed E-state index contributed by atoms with van der Waals surface area (Å²) in [5.74, 6) is -0.641. The monoisotopic (exact) mass is 320 g/mol. The Balaban J connectivity index is 2.23. The summed E-state index contributed by atoms with van der Waals surface area (Å²) in [4.78, 5) is 14.4. The molecule has 7 heteroatoms. The summed E-state index contributed by atoms with van der Waals surface area (Å²) in [6.07, 6.45) is 1.47. The highest BCUT2D eigenvalue weighted by molar-refractivity contribution is 7.95. The quantitative estimate of drug-likeness (QED) is 0.829. The molecule has 2 N–H and O–H groups in total. The van der Waals surface area contributed by atoms with Crippen LogP contribution >= 0.6 is 0 Å². The molecule has 0 unspecified atom stereocenters. The van der Waals surface area contributed by atoms with Gasteiger partial charge in [-0.15, -0.1) is 0 Å². The first-order valence-electron chi connectivity index (χ1n) is 6.45. The molecule has 2 aromatic rings. The molecule has 0 fully saturated rings. The van der Waals surface area contributed by atoms with Gasteiger partial charge in [-0.25, -0.2) is 13.2 Å². The fourth-order valence-electron chi connectivity index (χ4n) is 1.85. The van der Waals surface area contributed by atoms with E-state index in [1.54, 1.807) is 19.1 Å². The SMILES string of the molecule is COC(=O)c1[nH]c(C)cc1NS(=O)(=O)/C=C/c1ccccc1. The summed E-state index contributed by atoms with van der Waals surface area (Å²) >= 11 is 0. The number of aromatic amines is 1. The number of esters is 1. The minimum Gasteiger partial charge on any atom is -0.464 e. The Morgan fingerprint density at radius 3 is 2.59 bits per heavy atom. The van der Waals surface area contributed by atoms with Crippen LogP contribution in [-0.4, -0.2) is 26.5 Å². The average molecular weight is 320 g/mol. The van der Waals surface area contributed by atoms with E-state index in [-0.39, 0.29) is 11.4 Å². The first kappa shape index (κ1) is 15.8. The molecule has 0 radical (unpaired) electrons. The van der Waals surface area contributed by atoms with E-state index in [0.717, 1.165) is 11.0 Å². The average Bonchev–Trinajstić information content (AvgIpc) is 2.85. The third-order valence-corrected chi connectivity index (χ3v) is 3.83. The van der Waals surface area contributed by atoms with Gasteiger partial charge in [0.15, 0.2) is 0 Å². The van der Waals surface area contributed by atoms with Gasteiger partial charge in [0.25, 0.3) is 10.0 Å². The molecule has 6 nitrogen and oxygen atoms in total. The molecule has 0 saturated carbocycles. The van der Waals surface area contributed by atoms with Crippen LogP contribution in [0.25, 0.3) is 6.08 Å². The zero-order valence-corrected chi connectivity index (χ0v) is 13.0. The fourth-order valence-corrected chi connectivity index (χ4v) is 2.72. The second kappa shape index (κ2) is 6.48. The summed E-state index contributed by atoms with van der Waals surface area (Å²) in [5.41, 5.74) is 1.62. The van der Waals surface area contributed by atoms with Crippen molar-refractivity contribution in [3.8, 4) is 0 Å². The van der Waals surface area contributed by atoms with Gasteiger partial charge in [0.1, 0.15) is 5.69 Å². The smallest absolute Gasteiger partial charge is 0.356 e. The molecule has 1 aromatic heterocycles. The zero-order valence-electron chi connectivity index (χ0n) is 12.2. The van der Waals surface area contributed by atoms with Crippen molar-refractivity contribution in [2.24, 2.45) is 0 Å². The number of carbonyl (C=O) groups is 1. The largest absolute Gasteiger partial charge is 0.464 e. The van der Waals surface area contributed by atoms with Crippen LogP contribution in [0.4, 0.5) is 5.69 Å². The Kier molecular flexibility index (Phi) is 4.67. The predicted molar refractivity (Wildman–Crippen MR) is 84.9 cm³/mol. The first-order chi connectivity index (χ1) is 10.4. The number of aromatic nitrogens is 1. The number of rotatable bonds is 5. The summed E-state index contributed by atoms with van der Waals surface area (Å²) < 4.78 is 31.1. The zero-order chi connectivity index (χ0) is 16.2. The Labute approximate surface area is 128 Å². The lowest BCUT2D eigenvalue weighted by Gasteiger charge is -2.04. The van der Waals surface area contributed by atoms with E-state index in [2.05, 4.69) is 14.4 Å². The van der Waals surface area contributed by atoms with Crippen molar-refractivity contribution in [2.45, 2.75) is 6.92 Å². The first-order valence-corrected chi connectivity index (χ1v) is 8.00. The Morgan fingerprint density at radius 1 is 1.27 bits per heavy atom. The summed E-state index contributed by atoms with van der Waals surface area (Å²) in [6.45, 7) is 1.71. The van der Waals surface area contributed by atoms with Gasteiger partial charge in [-0.2, -0.15) is 0 Å². The Hall–Kier alpha value is -2.54. The van der Waals surface area contributed by atoms with E-state index in [1.807, 2.05) is 18.2 Å². The van der Waals surface area contributed by atoms with Crippen molar-refractivity contribution in [3.63, 3.8) is 0 Å². The normalized spacial score (nSPS) is 11.5. The van der Waals surface area contributed by atoms with Gasteiger partial charge in [0.2, 0.25) is 0 Å². The highest BCUT2D eigenvalue weighted by atomic mass is 32.2. The van der Waals surface area contributed by atoms with Crippen LogP contribution in [0.2, 0.25) is 0 Å². The molecule has 116 valence electrons. The lowest BCUT2D eigenvalue weighted by Crippen LogP contribution is -2.12. The number of sulfonamides is 1. The number of aryl methyl sites for hydroxylation is 1. The van der Waals surface area contributed by atoms with Gasteiger partial charge in [0.05, 0.1) is 18.2 Å². The molecule has 0 bridgehead atoms. The Bertz CT molecular complexity index is 792. The van der Waals surface area contributed by atoms with Gasteiger partial charge in [-0.1, -0.05) is 30.3 Å². The molecule has 0 aliphatic heterocycles. The maximum absolute atomic E-state index is 12.1. The standard InChI is InChI=1S/C15H16N2O4S/c1-11-10-13(14(16-11)15(18)21-2)17-22(19,20)9-8-12-6-4-3-5-7-12/h3-10,16-17H,1-2H3/b9-8+.